The summed E-state index contributed by atoms with van der Waals surface area (Å²) in [7, 11) is 1.45. The monoisotopic (exact) mass is 243 g/mol. The van der Waals surface area contributed by atoms with Crippen LogP contribution in [0.15, 0.2) is 24.8 Å². The molecule has 0 aliphatic rings. The third kappa shape index (κ3) is 2.35. The van der Waals surface area contributed by atoms with Gasteiger partial charge in [-0.15, -0.1) is 0 Å². The summed E-state index contributed by atoms with van der Waals surface area (Å²) in [5, 5.41) is 2.49. The zero-order valence-electron chi connectivity index (χ0n) is 8.73. The molecule has 5 nitrogen and oxygen atoms in total. The molecule has 0 amide bonds. The lowest BCUT2D eigenvalue weighted by molar-refractivity contribution is -0.141. The van der Waals surface area contributed by atoms with Gasteiger partial charge in [-0.25, -0.2) is 9.97 Å². The van der Waals surface area contributed by atoms with Crippen LogP contribution in [0.4, 0.5) is 19.1 Å². The van der Waals surface area contributed by atoms with Gasteiger partial charge in [-0.2, -0.15) is 18.2 Å². The average molecular weight is 243 g/mol. The van der Waals surface area contributed by atoms with Crippen molar-refractivity contribution >= 4 is 5.95 Å². The highest BCUT2D eigenvalue weighted by Gasteiger charge is 2.33. The highest BCUT2D eigenvalue weighted by molar-refractivity contribution is 5.35. The van der Waals surface area contributed by atoms with Crippen LogP contribution in [-0.2, 0) is 6.18 Å². The quantitative estimate of drug-likeness (QED) is 0.872. The Morgan fingerprint density at radius 2 is 2.06 bits per heavy atom. The van der Waals surface area contributed by atoms with Crippen molar-refractivity contribution in [2.24, 2.45) is 0 Å². The van der Waals surface area contributed by atoms with E-state index in [2.05, 4.69) is 20.3 Å². The first-order valence-electron chi connectivity index (χ1n) is 4.63. The maximum absolute atomic E-state index is 12.6. The van der Waals surface area contributed by atoms with Gasteiger partial charge >= 0.3 is 6.18 Å². The van der Waals surface area contributed by atoms with Crippen LogP contribution in [0, 0.1) is 0 Å². The molecule has 0 saturated carbocycles. The summed E-state index contributed by atoms with van der Waals surface area (Å²) in [5.41, 5.74) is -0.999. The first kappa shape index (κ1) is 11.4. The number of nitrogens with one attached hydrogen (secondary N) is 1. The number of alkyl halides is 3. The van der Waals surface area contributed by atoms with Crippen LogP contribution in [0.3, 0.4) is 0 Å². The molecule has 0 spiro atoms. The van der Waals surface area contributed by atoms with Crippen molar-refractivity contribution in [1.82, 2.24) is 19.5 Å². The van der Waals surface area contributed by atoms with E-state index in [-0.39, 0.29) is 11.8 Å². The van der Waals surface area contributed by atoms with E-state index in [4.69, 9.17) is 0 Å². The maximum atomic E-state index is 12.6. The predicted molar refractivity (Wildman–Crippen MR) is 53.7 cm³/mol. The summed E-state index contributed by atoms with van der Waals surface area (Å²) < 4.78 is 39.1. The van der Waals surface area contributed by atoms with Gasteiger partial charge in [-0.3, -0.25) is 4.57 Å². The Morgan fingerprint density at radius 1 is 1.29 bits per heavy atom. The molecule has 0 bridgehead atoms. The van der Waals surface area contributed by atoms with Gasteiger partial charge in [-0.1, -0.05) is 0 Å². The van der Waals surface area contributed by atoms with Gasteiger partial charge in [0, 0.05) is 25.5 Å². The minimum atomic E-state index is -4.51. The number of nitrogens with zero attached hydrogens (tertiary/aromatic N) is 4. The second-order valence-corrected chi connectivity index (χ2v) is 3.15. The van der Waals surface area contributed by atoms with Crippen LogP contribution in [0.5, 0.6) is 0 Å². The molecule has 2 rings (SSSR count). The number of halogens is 3. The fourth-order valence-electron chi connectivity index (χ4n) is 1.22. The molecule has 0 saturated heterocycles. The topological polar surface area (TPSA) is 55.6 Å². The minimum Gasteiger partial charge on any atom is -0.357 e. The third-order valence-electron chi connectivity index (χ3n) is 2.00. The predicted octanol–water partition coefficient (Wildman–Crippen LogP) is 1.72. The van der Waals surface area contributed by atoms with Crippen molar-refractivity contribution in [2.45, 2.75) is 6.18 Å². The normalized spacial score (nSPS) is 11.5. The van der Waals surface area contributed by atoms with Crippen molar-refractivity contribution in [3.8, 4) is 5.82 Å². The van der Waals surface area contributed by atoms with E-state index in [1.165, 1.54) is 30.3 Å². The number of aromatic nitrogens is 4. The van der Waals surface area contributed by atoms with Gasteiger partial charge in [0.1, 0.15) is 12.1 Å². The molecule has 0 aliphatic carbocycles. The lowest BCUT2D eigenvalue weighted by atomic mass is 10.4. The SMILES string of the molecule is CNc1nc(-n2ccnc2)cc(C(F)(F)F)n1. The largest absolute Gasteiger partial charge is 0.433 e. The van der Waals surface area contributed by atoms with Gasteiger partial charge in [0.15, 0.2) is 5.69 Å². The summed E-state index contributed by atoms with van der Waals surface area (Å²) in [6, 6.07) is 0.864. The smallest absolute Gasteiger partial charge is 0.357 e. The second-order valence-electron chi connectivity index (χ2n) is 3.15. The first-order chi connectivity index (χ1) is 8.00. The third-order valence-corrected chi connectivity index (χ3v) is 2.00. The Morgan fingerprint density at radius 3 is 2.59 bits per heavy atom. The van der Waals surface area contributed by atoms with E-state index < -0.39 is 11.9 Å². The average Bonchev–Trinajstić information content (AvgIpc) is 2.80. The summed E-state index contributed by atoms with van der Waals surface area (Å²) in [4.78, 5) is 11.0. The van der Waals surface area contributed by atoms with Gasteiger partial charge in [0.05, 0.1) is 0 Å². The van der Waals surface area contributed by atoms with E-state index in [0.29, 0.717) is 0 Å². The fourth-order valence-corrected chi connectivity index (χ4v) is 1.22. The van der Waals surface area contributed by atoms with Crippen molar-refractivity contribution in [3.63, 3.8) is 0 Å². The second kappa shape index (κ2) is 4.04. The molecule has 2 heterocycles. The Labute approximate surface area is 94.3 Å². The number of rotatable bonds is 2. The highest BCUT2D eigenvalue weighted by Crippen LogP contribution is 2.29. The maximum Gasteiger partial charge on any atom is 0.433 e. The summed E-state index contributed by atoms with van der Waals surface area (Å²) in [6.45, 7) is 0. The Balaban J connectivity index is 2.54. The lowest BCUT2D eigenvalue weighted by Crippen LogP contribution is -2.12. The summed E-state index contributed by atoms with van der Waals surface area (Å²) >= 11 is 0. The minimum absolute atomic E-state index is 0.0940. The molecule has 90 valence electrons. The van der Waals surface area contributed by atoms with E-state index >= 15 is 0 Å². The molecule has 0 atom stereocenters. The molecule has 1 N–H and O–H groups in total. The van der Waals surface area contributed by atoms with Gasteiger partial charge in [0.25, 0.3) is 0 Å². The van der Waals surface area contributed by atoms with Crippen molar-refractivity contribution < 1.29 is 13.2 Å². The van der Waals surface area contributed by atoms with Crippen molar-refractivity contribution in [3.05, 3.63) is 30.5 Å². The fraction of sp³-hybridized carbons (Fsp3) is 0.222. The standard InChI is InChI=1S/C9H8F3N5/c1-13-8-15-6(9(10,11)12)4-7(16-8)17-3-2-14-5-17/h2-5H,1H3,(H,13,15,16). The molecule has 0 fully saturated rings. The summed E-state index contributed by atoms with van der Waals surface area (Å²) in [5.74, 6) is 0.0118. The van der Waals surface area contributed by atoms with Crippen LogP contribution >= 0.6 is 0 Å². The molecule has 8 heteroatoms. The molecule has 17 heavy (non-hydrogen) atoms. The van der Waals surface area contributed by atoms with Gasteiger partial charge < -0.3 is 5.32 Å². The summed E-state index contributed by atoms with van der Waals surface area (Å²) in [6.07, 6.45) is -0.192. The first-order valence-corrected chi connectivity index (χ1v) is 4.63. The Bertz CT molecular complexity index is 506. The van der Waals surface area contributed by atoms with Crippen LogP contribution in [0.25, 0.3) is 5.82 Å². The van der Waals surface area contributed by atoms with Crippen molar-refractivity contribution in [1.29, 1.82) is 0 Å². The molecule has 0 radical (unpaired) electrons. The van der Waals surface area contributed by atoms with Crippen LogP contribution in [0.1, 0.15) is 5.69 Å². The van der Waals surface area contributed by atoms with Crippen molar-refractivity contribution in [2.75, 3.05) is 12.4 Å². The van der Waals surface area contributed by atoms with Crippen LogP contribution in [0.2, 0.25) is 0 Å². The van der Waals surface area contributed by atoms with Crippen LogP contribution < -0.4 is 5.32 Å². The molecule has 2 aromatic rings. The van der Waals surface area contributed by atoms with E-state index in [0.717, 1.165) is 6.07 Å². The number of hydrogen-bond donors (Lipinski definition) is 1. The van der Waals surface area contributed by atoms with E-state index in [9.17, 15) is 13.2 Å². The number of hydrogen-bond acceptors (Lipinski definition) is 4. The molecular weight excluding hydrogens is 235 g/mol. The molecule has 2 aromatic heterocycles. The molecule has 0 unspecified atom stereocenters. The molecule has 0 aliphatic heterocycles. The van der Waals surface area contributed by atoms with E-state index in [1.54, 1.807) is 0 Å². The Hall–Kier alpha value is -2.12. The Kier molecular flexibility index (Phi) is 2.70. The zero-order valence-corrected chi connectivity index (χ0v) is 8.73. The van der Waals surface area contributed by atoms with E-state index in [1.807, 2.05) is 0 Å². The number of imidazole rings is 1. The molecule has 0 aromatic carbocycles. The highest BCUT2D eigenvalue weighted by atomic mass is 19.4. The zero-order chi connectivity index (χ0) is 12.5. The molecular formula is C9H8F3N5. The lowest BCUT2D eigenvalue weighted by Gasteiger charge is -2.10. The van der Waals surface area contributed by atoms with Gasteiger partial charge in [-0.05, 0) is 0 Å². The number of anilines is 1. The van der Waals surface area contributed by atoms with Gasteiger partial charge in [0.2, 0.25) is 5.95 Å². The van der Waals surface area contributed by atoms with Crippen LogP contribution in [-0.4, -0.2) is 26.6 Å².